The highest BCUT2D eigenvalue weighted by Gasteiger charge is 2.61. The van der Waals surface area contributed by atoms with E-state index in [1.54, 1.807) is 11.1 Å². The highest BCUT2D eigenvalue weighted by molar-refractivity contribution is 6.22. The van der Waals surface area contributed by atoms with Crippen LogP contribution in [0, 0.1) is 23.7 Å². The van der Waals surface area contributed by atoms with Crippen LogP contribution in [0.4, 0.5) is 0 Å². The van der Waals surface area contributed by atoms with E-state index in [1.807, 2.05) is 0 Å². The van der Waals surface area contributed by atoms with Crippen molar-refractivity contribution in [2.75, 3.05) is 0 Å². The van der Waals surface area contributed by atoms with Gasteiger partial charge in [0.25, 0.3) is 0 Å². The van der Waals surface area contributed by atoms with Gasteiger partial charge < -0.3 is 0 Å². The molecule has 0 unspecified atom stereocenters. The SMILES string of the molecule is c1ccc(-c2nc(-n3c4cc5c(cc4c4c6ccccc6ccc43)-c3ccccc3C53C4CC5CC(C4)CC3C5)nc3ccccc23)cc1. The van der Waals surface area contributed by atoms with E-state index >= 15 is 0 Å². The molecular weight excluding hydrogens is 595 g/mol. The molecule has 3 heteroatoms. The van der Waals surface area contributed by atoms with Gasteiger partial charge in [-0.25, -0.2) is 9.97 Å². The molecular formula is C46H35N3. The minimum Gasteiger partial charge on any atom is -0.278 e. The molecule has 5 aliphatic rings. The summed E-state index contributed by atoms with van der Waals surface area (Å²) in [6.07, 6.45) is 6.96. The number of hydrogen-bond donors (Lipinski definition) is 0. The second-order valence-electron chi connectivity index (χ2n) is 15.4. The molecule has 0 atom stereocenters. The molecule has 13 rings (SSSR count). The average molecular weight is 630 g/mol. The van der Waals surface area contributed by atoms with E-state index in [1.165, 1.54) is 75.8 Å². The highest BCUT2D eigenvalue weighted by Crippen LogP contribution is 2.69. The van der Waals surface area contributed by atoms with Crippen molar-refractivity contribution < 1.29 is 0 Å². The fourth-order valence-corrected chi connectivity index (χ4v) is 11.6. The number of benzene rings is 6. The highest BCUT2D eigenvalue weighted by atomic mass is 15.2. The Bertz CT molecular complexity index is 2650. The summed E-state index contributed by atoms with van der Waals surface area (Å²) in [5.74, 6) is 3.98. The quantitative estimate of drug-likeness (QED) is 0.190. The molecule has 234 valence electrons. The van der Waals surface area contributed by atoms with E-state index in [-0.39, 0.29) is 5.41 Å². The summed E-state index contributed by atoms with van der Waals surface area (Å²) in [7, 11) is 0. The van der Waals surface area contributed by atoms with Gasteiger partial charge in [-0.2, -0.15) is 0 Å². The minimum atomic E-state index is 0.0936. The van der Waals surface area contributed by atoms with Gasteiger partial charge in [-0.1, -0.05) is 103 Å². The summed E-state index contributed by atoms with van der Waals surface area (Å²) in [5, 5.41) is 6.20. The van der Waals surface area contributed by atoms with Gasteiger partial charge in [0.1, 0.15) is 0 Å². The Morgan fingerprint density at radius 2 is 1.24 bits per heavy atom. The van der Waals surface area contributed by atoms with Gasteiger partial charge in [0, 0.05) is 27.1 Å². The van der Waals surface area contributed by atoms with Gasteiger partial charge >= 0.3 is 0 Å². The zero-order valence-corrected chi connectivity index (χ0v) is 27.3. The third-order valence-corrected chi connectivity index (χ3v) is 13.2. The maximum Gasteiger partial charge on any atom is 0.235 e. The van der Waals surface area contributed by atoms with Crippen molar-refractivity contribution in [1.82, 2.24) is 14.5 Å². The van der Waals surface area contributed by atoms with Gasteiger partial charge in [-0.3, -0.25) is 4.57 Å². The molecule has 0 saturated heterocycles. The summed E-state index contributed by atoms with van der Waals surface area (Å²) in [5.41, 5.74) is 11.6. The van der Waals surface area contributed by atoms with Crippen LogP contribution >= 0.6 is 0 Å². The van der Waals surface area contributed by atoms with Crippen molar-refractivity contribution in [1.29, 1.82) is 0 Å². The third kappa shape index (κ3) is 3.38. The molecule has 4 saturated carbocycles. The van der Waals surface area contributed by atoms with Gasteiger partial charge in [0.2, 0.25) is 5.95 Å². The van der Waals surface area contributed by atoms with Crippen LogP contribution < -0.4 is 0 Å². The van der Waals surface area contributed by atoms with Crippen LogP contribution in [0.15, 0.2) is 127 Å². The number of rotatable bonds is 2. The molecule has 2 aromatic heterocycles. The fraction of sp³-hybridized carbons (Fsp3) is 0.217. The van der Waals surface area contributed by atoms with Crippen LogP contribution in [0.1, 0.15) is 43.2 Å². The first-order chi connectivity index (χ1) is 24.3. The largest absolute Gasteiger partial charge is 0.278 e. The molecule has 6 aromatic carbocycles. The van der Waals surface area contributed by atoms with Crippen molar-refractivity contribution >= 4 is 43.5 Å². The number of fused-ring (bicyclic) bond motifs is 9. The van der Waals surface area contributed by atoms with E-state index in [0.29, 0.717) is 11.8 Å². The molecule has 4 fully saturated rings. The third-order valence-electron chi connectivity index (χ3n) is 13.2. The normalized spacial score (nSPS) is 24.8. The van der Waals surface area contributed by atoms with E-state index < -0.39 is 0 Å². The van der Waals surface area contributed by atoms with E-state index in [2.05, 4.69) is 132 Å². The lowest BCUT2D eigenvalue weighted by molar-refractivity contribution is -0.0399. The maximum absolute atomic E-state index is 5.46. The van der Waals surface area contributed by atoms with Crippen molar-refractivity contribution in [2.24, 2.45) is 23.7 Å². The topological polar surface area (TPSA) is 30.7 Å². The Kier molecular flexibility index (Phi) is 5.14. The van der Waals surface area contributed by atoms with Gasteiger partial charge in [-0.15, -0.1) is 0 Å². The van der Waals surface area contributed by atoms with Gasteiger partial charge in [-0.05, 0) is 113 Å². The molecule has 4 bridgehead atoms. The molecule has 0 amide bonds. The van der Waals surface area contributed by atoms with Crippen LogP contribution in [0.25, 0.3) is 71.8 Å². The summed E-state index contributed by atoms with van der Waals surface area (Å²) < 4.78 is 2.39. The van der Waals surface area contributed by atoms with Crippen molar-refractivity contribution in [2.45, 2.75) is 37.5 Å². The first-order valence-electron chi connectivity index (χ1n) is 18.2. The molecule has 2 heterocycles. The lowest BCUT2D eigenvalue weighted by atomic mass is 9.43. The Labute approximate surface area is 285 Å². The van der Waals surface area contributed by atoms with Crippen molar-refractivity contribution in [3.63, 3.8) is 0 Å². The first-order valence-corrected chi connectivity index (χ1v) is 18.2. The zero-order valence-electron chi connectivity index (χ0n) is 27.3. The number of para-hydroxylation sites is 1. The lowest BCUT2D eigenvalue weighted by Crippen LogP contribution is -2.55. The van der Waals surface area contributed by atoms with Crippen molar-refractivity contribution in [3.8, 4) is 28.3 Å². The second-order valence-corrected chi connectivity index (χ2v) is 15.4. The molecule has 1 spiro atoms. The standard InChI is InChI=1S/C46H35N3/c1-2-11-30(12-3-1)44-35-15-7-9-17-40(35)47-45(48-44)49-41-19-18-29-10-4-5-13-33(29)43(41)37-25-36-34-14-6-8-16-38(34)46(39(36)26-42(37)49)31-21-27-20-28(23-31)24-32(46)22-27/h1-19,25-28,31-32H,20-24H2. The number of nitrogens with zero attached hydrogens (tertiary/aromatic N) is 3. The van der Waals surface area contributed by atoms with Crippen LogP contribution in [0.3, 0.4) is 0 Å². The van der Waals surface area contributed by atoms with Crippen molar-refractivity contribution in [3.05, 3.63) is 139 Å². The van der Waals surface area contributed by atoms with E-state index in [4.69, 9.17) is 9.97 Å². The molecule has 0 N–H and O–H groups in total. The summed E-state index contributed by atoms with van der Waals surface area (Å²) >= 11 is 0. The Morgan fingerprint density at radius 3 is 2.08 bits per heavy atom. The Hall–Kier alpha value is -5.28. The first kappa shape index (κ1) is 26.6. The minimum absolute atomic E-state index is 0.0936. The lowest BCUT2D eigenvalue weighted by Gasteiger charge is -2.61. The molecule has 49 heavy (non-hydrogen) atoms. The van der Waals surface area contributed by atoms with E-state index in [9.17, 15) is 0 Å². The number of hydrogen-bond acceptors (Lipinski definition) is 2. The molecule has 0 radical (unpaired) electrons. The maximum atomic E-state index is 5.46. The predicted molar refractivity (Wildman–Crippen MR) is 200 cm³/mol. The van der Waals surface area contributed by atoms with Gasteiger partial charge in [0.15, 0.2) is 0 Å². The average Bonchev–Trinajstić information content (AvgIpc) is 3.63. The Balaban J connectivity index is 1.23. The van der Waals surface area contributed by atoms with Crippen LogP contribution in [0.2, 0.25) is 0 Å². The Morgan fingerprint density at radius 1 is 0.531 bits per heavy atom. The van der Waals surface area contributed by atoms with Crippen LogP contribution in [0.5, 0.6) is 0 Å². The summed E-state index contributed by atoms with van der Waals surface area (Å²) in [6.45, 7) is 0. The van der Waals surface area contributed by atoms with Crippen LogP contribution in [-0.2, 0) is 5.41 Å². The summed E-state index contributed by atoms with van der Waals surface area (Å²) in [6, 6.07) is 47.1. The predicted octanol–water partition coefficient (Wildman–Crippen LogP) is 11.3. The van der Waals surface area contributed by atoms with Crippen LogP contribution in [-0.4, -0.2) is 14.5 Å². The van der Waals surface area contributed by atoms with E-state index in [0.717, 1.165) is 39.9 Å². The molecule has 5 aliphatic carbocycles. The fourth-order valence-electron chi connectivity index (χ4n) is 11.6. The zero-order chi connectivity index (χ0) is 31.8. The monoisotopic (exact) mass is 629 g/mol. The van der Waals surface area contributed by atoms with Gasteiger partial charge in [0.05, 0.1) is 22.2 Å². The summed E-state index contributed by atoms with van der Waals surface area (Å²) in [4.78, 5) is 10.8. The smallest absolute Gasteiger partial charge is 0.235 e. The second kappa shape index (κ2) is 9.45. The molecule has 8 aromatic rings. The number of aromatic nitrogens is 3. The molecule has 3 nitrogen and oxygen atoms in total. The molecule has 0 aliphatic heterocycles.